The van der Waals surface area contributed by atoms with Crippen molar-refractivity contribution in [3.8, 4) is 17.1 Å². The summed E-state index contributed by atoms with van der Waals surface area (Å²) in [5.41, 5.74) is 2.43. The smallest absolute Gasteiger partial charge is 0.219 e. The molecule has 0 aromatic carbocycles. The lowest BCUT2D eigenvalue weighted by Gasteiger charge is -2.71. The van der Waals surface area contributed by atoms with E-state index in [9.17, 15) is 4.79 Å². The Labute approximate surface area is 141 Å². The Balaban J connectivity index is 1.28. The lowest BCUT2D eigenvalue weighted by Crippen LogP contribution is -2.67. The largest absolute Gasteiger partial charge is 0.491 e. The molecule has 3 aliphatic carbocycles. The molecule has 3 saturated carbocycles. The predicted octanol–water partition coefficient (Wildman–Crippen LogP) is 2.50. The second-order valence-electron chi connectivity index (χ2n) is 7.54. The number of hydrogen-bond donors (Lipinski definition) is 1. The summed E-state index contributed by atoms with van der Waals surface area (Å²) in [6, 6.07) is 5.78. The quantitative estimate of drug-likeness (QED) is 0.885. The van der Waals surface area contributed by atoms with Crippen LogP contribution in [0.25, 0.3) is 11.4 Å². The summed E-state index contributed by atoms with van der Waals surface area (Å²) < 4.78 is 5.95. The molecule has 2 aromatic heterocycles. The monoisotopic (exact) mass is 326 g/mol. The highest BCUT2D eigenvalue weighted by molar-refractivity contribution is 5.73. The van der Waals surface area contributed by atoms with Crippen LogP contribution in [0.3, 0.4) is 0 Å². The molecule has 0 radical (unpaired) electrons. The van der Waals surface area contributed by atoms with E-state index in [0.717, 1.165) is 49.6 Å². The summed E-state index contributed by atoms with van der Waals surface area (Å²) in [7, 11) is 1.89. The van der Waals surface area contributed by atoms with Gasteiger partial charge in [0, 0.05) is 32.1 Å². The molecule has 0 aliphatic heterocycles. The van der Waals surface area contributed by atoms with Gasteiger partial charge in [-0.3, -0.25) is 14.9 Å². The molecule has 3 fully saturated rings. The molecule has 5 rings (SSSR count). The van der Waals surface area contributed by atoms with Gasteiger partial charge < -0.3 is 9.64 Å². The minimum Gasteiger partial charge on any atom is -0.491 e. The van der Waals surface area contributed by atoms with Crippen molar-refractivity contribution in [1.29, 1.82) is 0 Å². The van der Waals surface area contributed by atoms with E-state index in [1.54, 1.807) is 19.3 Å². The first-order chi connectivity index (χ1) is 11.5. The zero-order valence-electron chi connectivity index (χ0n) is 14.1. The molecule has 126 valence electrons. The molecule has 24 heavy (non-hydrogen) atoms. The van der Waals surface area contributed by atoms with Gasteiger partial charge in [0.2, 0.25) is 5.91 Å². The lowest BCUT2D eigenvalue weighted by molar-refractivity contribution is -0.225. The van der Waals surface area contributed by atoms with Gasteiger partial charge in [-0.15, -0.1) is 0 Å². The maximum absolute atomic E-state index is 11.4. The minimum atomic E-state index is 0.147. The van der Waals surface area contributed by atoms with Crippen LogP contribution in [-0.4, -0.2) is 46.2 Å². The lowest BCUT2D eigenvalue weighted by atomic mass is 9.35. The average molecular weight is 326 g/mol. The van der Waals surface area contributed by atoms with Gasteiger partial charge in [-0.25, -0.2) is 0 Å². The van der Waals surface area contributed by atoms with Gasteiger partial charge >= 0.3 is 0 Å². The Morgan fingerprint density at radius 2 is 2.08 bits per heavy atom. The van der Waals surface area contributed by atoms with Gasteiger partial charge in [-0.05, 0) is 42.9 Å². The number of amides is 1. The highest BCUT2D eigenvalue weighted by atomic mass is 16.5. The molecular weight excluding hydrogens is 304 g/mol. The Kier molecular flexibility index (Phi) is 3.37. The zero-order chi connectivity index (χ0) is 16.8. The fourth-order valence-electron chi connectivity index (χ4n) is 4.43. The molecule has 1 N–H and O–H groups in total. The molecule has 0 saturated heterocycles. The van der Waals surface area contributed by atoms with Crippen LogP contribution in [0.1, 0.15) is 26.2 Å². The fraction of sp³-hybridized carbons (Fsp3) is 0.500. The number of rotatable bonds is 6. The summed E-state index contributed by atoms with van der Waals surface area (Å²) >= 11 is 0. The van der Waals surface area contributed by atoms with Gasteiger partial charge in [0.15, 0.2) is 0 Å². The molecule has 2 aromatic rings. The second kappa shape index (κ2) is 5.33. The van der Waals surface area contributed by atoms with E-state index in [2.05, 4.69) is 15.2 Å². The van der Waals surface area contributed by atoms with Crippen LogP contribution in [0, 0.1) is 10.8 Å². The molecule has 6 heteroatoms. The molecule has 0 unspecified atom stereocenters. The summed E-state index contributed by atoms with van der Waals surface area (Å²) in [5.74, 6) is 0.950. The van der Waals surface area contributed by atoms with Crippen molar-refractivity contribution in [3.05, 3.63) is 30.6 Å². The van der Waals surface area contributed by atoms with Crippen molar-refractivity contribution in [3.63, 3.8) is 0 Å². The van der Waals surface area contributed by atoms with E-state index in [-0.39, 0.29) is 5.91 Å². The van der Waals surface area contributed by atoms with Crippen LogP contribution in [-0.2, 0) is 4.79 Å². The van der Waals surface area contributed by atoms with Crippen LogP contribution >= 0.6 is 0 Å². The number of H-pyrrole nitrogens is 1. The van der Waals surface area contributed by atoms with Crippen LogP contribution < -0.4 is 4.74 Å². The van der Waals surface area contributed by atoms with Gasteiger partial charge in [0.05, 0.1) is 24.2 Å². The first-order valence-electron chi connectivity index (χ1n) is 8.30. The van der Waals surface area contributed by atoms with Crippen LogP contribution in [0.5, 0.6) is 5.75 Å². The highest BCUT2D eigenvalue weighted by Gasteiger charge is 2.68. The summed E-state index contributed by atoms with van der Waals surface area (Å²) in [6.07, 6.45) is 6.97. The third-order valence-electron chi connectivity index (χ3n) is 5.42. The summed E-state index contributed by atoms with van der Waals surface area (Å²) in [4.78, 5) is 17.6. The number of carbonyl (C=O) groups excluding carboxylic acids is 1. The van der Waals surface area contributed by atoms with Gasteiger partial charge in [0.1, 0.15) is 5.75 Å². The number of aromatic amines is 1. The molecule has 0 spiro atoms. The molecule has 6 nitrogen and oxygen atoms in total. The minimum absolute atomic E-state index is 0.147. The predicted molar refractivity (Wildman–Crippen MR) is 89.3 cm³/mol. The number of aromatic nitrogens is 3. The topological polar surface area (TPSA) is 71.1 Å². The second-order valence-corrected chi connectivity index (χ2v) is 7.54. The van der Waals surface area contributed by atoms with Crippen molar-refractivity contribution in [2.75, 3.05) is 20.2 Å². The SMILES string of the molecule is CC(=O)N(C)CC12CC(COc3ccc(-c4ccn[nH]4)nc3)(C1)C2. The van der Waals surface area contributed by atoms with Crippen molar-refractivity contribution in [2.45, 2.75) is 26.2 Å². The Morgan fingerprint density at radius 3 is 2.67 bits per heavy atom. The zero-order valence-corrected chi connectivity index (χ0v) is 14.1. The Morgan fingerprint density at radius 1 is 1.29 bits per heavy atom. The standard InChI is InChI=1S/C18H22N4O2/c1-13(23)22(2)11-17-8-18(9-17,10-17)12-24-14-3-4-15(19-7-14)16-5-6-20-21-16/h3-7H,8-12H2,1-2H3,(H,20,21). The van der Waals surface area contributed by atoms with E-state index >= 15 is 0 Å². The third kappa shape index (κ3) is 2.56. The molecular formula is C18H22N4O2. The first-order valence-corrected chi connectivity index (χ1v) is 8.30. The van der Waals surface area contributed by atoms with E-state index in [1.165, 1.54) is 0 Å². The van der Waals surface area contributed by atoms with E-state index in [4.69, 9.17) is 4.74 Å². The highest BCUT2D eigenvalue weighted by Crippen LogP contribution is 2.73. The summed E-state index contributed by atoms with van der Waals surface area (Å²) in [6.45, 7) is 3.25. The Bertz CT molecular complexity index is 719. The van der Waals surface area contributed by atoms with Crippen LogP contribution in [0.2, 0.25) is 0 Å². The molecule has 1 amide bonds. The number of carbonyl (C=O) groups is 1. The normalized spacial score (nSPS) is 27.1. The maximum atomic E-state index is 11.4. The van der Waals surface area contributed by atoms with Gasteiger partial charge in [-0.1, -0.05) is 0 Å². The van der Waals surface area contributed by atoms with Gasteiger partial charge in [-0.2, -0.15) is 5.10 Å². The Hall–Kier alpha value is -2.37. The fourth-order valence-corrected chi connectivity index (χ4v) is 4.43. The van der Waals surface area contributed by atoms with Crippen molar-refractivity contribution in [1.82, 2.24) is 20.1 Å². The van der Waals surface area contributed by atoms with Crippen LogP contribution in [0.15, 0.2) is 30.6 Å². The van der Waals surface area contributed by atoms with E-state index < -0.39 is 0 Å². The van der Waals surface area contributed by atoms with Crippen molar-refractivity contribution >= 4 is 5.91 Å². The number of hydrogen-bond acceptors (Lipinski definition) is 4. The van der Waals surface area contributed by atoms with Crippen molar-refractivity contribution < 1.29 is 9.53 Å². The molecule has 2 heterocycles. The average Bonchev–Trinajstić information content (AvgIpc) is 3.02. The molecule has 0 atom stereocenters. The maximum Gasteiger partial charge on any atom is 0.219 e. The number of nitrogens with zero attached hydrogens (tertiary/aromatic N) is 3. The molecule has 3 aliphatic rings. The van der Waals surface area contributed by atoms with E-state index in [0.29, 0.717) is 10.8 Å². The number of ether oxygens (including phenoxy) is 1. The first kappa shape index (κ1) is 15.2. The number of pyridine rings is 1. The third-order valence-corrected chi connectivity index (χ3v) is 5.42. The van der Waals surface area contributed by atoms with Gasteiger partial charge in [0.25, 0.3) is 0 Å². The van der Waals surface area contributed by atoms with Crippen LogP contribution in [0.4, 0.5) is 0 Å². The number of nitrogens with one attached hydrogen (secondary N) is 1. The van der Waals surface area contributed by atoms with Crippen molar-refractivity contribution in [2.24, 2.45) is 10.8 Å². The molecule has 2 bridgehead atoms. The van der Waals surface area contributed by atoms with E-state index in [1.807, 2.05) is 30.1 Å². The summed E-state index contributed by atoms with van der Waals surface area (Å²) in [5, 5.41) is 6.83.